The average molecular weight is 859 g/mol. The van der Waals surface area contributed by atoms with Crippen LogP contribution in [0.25, 0.3) is 0 Å². The smallest absolute Gasteiger partial charge is 0.306 e. The predicted molar refractivity (Wildman–Crippen MR) is 225 cm³/mol. The molecule has 1 aromatic rings. The number of methoxy groups -OCH3 is 3. The second kappa shape index (κ2) is 20.1. The Balaban J connectivity index is 1.21. The minimum absolute atomic E-state index is 0.0328. The van der Waals surface area contributed by atoms with E-state index < -0.39 is 66.6 Å². The molecule has 2 saturated carbocycles. The molecule has 5 fully saturated rings. The maximum Gasteiger partial charge on any atom is 0.306 e. The quantitative estimate of drug-likeness (QED) is 0.255. The summed E-state index contributed by atoms with van der Waals surface area (Å²) in [6, 6.07) is 6.00. The van der Waals surface area contributed by atoms with Gasteiger partial charge in [0.1, 0.15) is 30.2 Å². The molecule has 0 aromatic heterocycles. The first kappa shape index (κ1) is 46.5. The predicted octanol–water partition coefficient (Wildman–Crippen LogP) is 5.91. The summed E-state index contributed by atoms with van der Waals surface area (Å²) in [6.07, 6.45) is 2.45. The Kier molecular flexibility index (Phi) is 15.3. The number of aliphatic hydroxyl groups excluding tert-OH is 1. The van der Waals surface area contributed by atoms with Crippen LogP contribution < -0.4 is 5.32 Å². The molecular weight excluding hydrogens is 788 g/mol. The molecule has 0 bridgehead atoms. The number of ether oxygens (including phenoxy) is 8. The van der Waals surface area contributed by atoms with E-state index in [1.54, 1.807) is 39.5 Å². The Labute approximate surface area is 361 Å². The number of esters is 1. The zero-order valence-electron chi connectivity index (χ0n) is 37.6. The molecule has 6 aliphatic rings. The second-order valence-electron chi connectivity index (χ2n) is 18.8. The number of aliphatic hydroxyl groups is 1. The van der Waals surface area contributed by atoms with E-state index in [0.717, 1.165) is 19.3 Å². The first-order chi connectivity index (χ1) is 29.3. The van der Waals surface area contributed by atoms with Crippen LogP contribution in [-0.4, -0.2) is 137 Å². The molecule has 0 radical (unpaired) electrons. The number of hydrogen-bond acceptors (Lipinski definition) is 13. The number of likely N-dealkylation sites (N-methyl/N-ethyl adjacent to an activating group) is 1. The molecule has 7 rings (SSSR count). The molecule has 13 nitrogen and oxygen atoms in total. The highest BCUT2D eigenvalue weighted by Gasteiger charge is 2.60. The van der Waals surface area contributed by atoms with E-state index >= 15 is 9.18 Å². The number of ketones is 1. The minimum atomic E-state index is -0.956. The third-order valence-electron chi connectivity index (χ3n) is 15.1. The Bertz CT molecular complexity index is 1680. The second-order valence-corrected chi connectivity index (χ2v) is 18.8. The number of anilines is 1. The topological polar surface area (TPSA) is 143 Å². The lowest BCUT2D eigenvalue weighted by Crippen LogP contribution is -2.59. The maximum absolute atomic E-state index is 15.5. The number of nitrogens with zero attached hydrogens (tertiary/aromatic N) is 1. The Morgan fingerprint density at radius 3 is 2.28 bits per heavy atom. The van der Waals surface area contributed by atoms with Crippen molar-refractivity contribution in [2.45, 2.75) is 165 Å². The van der Waals surface area contributed by atoms with Gasteiger partial charge in [-0.2, -0.15) is 0 Å². The number of carbonyl (C=O) groups is 2. The first-order valence-corrected chi connectivity index (χ1v) is 22.8. The molecule has 3 aliphatic heterocycles. The molecule has 1 aromatic carbocycles. The van der Waals surface area contributed by atoms with Crippen LogP contribution in [0, 0.1) is 41.3 Å². The van der Waals surface area contributed by atoms with Gasteiger partial charge in [-0.25, -0.2) is 4.39 Å². The molecule has 3 aliphatic carbocycles. The van der Waals surface area contributed by atoms with E-state index in [-0.39, 0.29) is 78.2 Å². The summed E-state index contributed by atoms with van der Waals surface area (Å²) in [5.74, 6) is -3.07. The number of hydrogen-bond donors (Lipinski definition) is 2. The van der Waals surface area contributed by atoms with Gasteiger partial charge in [0.05, 0.1) is 48.7 Å². The molecule has 0 amide bonds. The molecule has 3 saturated heterocycles. The summed E-state index contributed by atoms with van der Waals surface area (Å²) in [5, 5.41) is 15.9. The molecule has 342 valence electrons. The molecule has 61 heavy (non-hydrogen) atoms. The summed E-state index contributed by atoms with van der Waals surface area (Å²) >= 11 is 0. The van der Waals surface area contributed by atoms with Crippen molar-refractivity contribution in [3.05, 3.63) is 41.7 Å². The van der Waals surface area contributed by atoms with Crippen molar-refractivity contribution < 1.29 is 57.0 Å². The monoisotopic (exact) mass is 859 g/mol. The van der Waals surface area contributed by atoms with Gasteiger partial charge in [-0.3, -0.25) is 9.59 Å². The number of benzene rings is 1. The normalized spacial score (nSPS) is 43.3. The number of cyclic esters (lactones) is 1. The van der Waals surface area contributed by atoms with E-state index in [1.165, 1.54) is 6.07 Å². The van der Waals surface area contributed by atoms with Crippen molar-refractivity contribution in [2.75, 3.05) is 40.7 Å². The number of carbonyl (C=O) groups excluding carboxylic acids is 2. The van der Waals surface area contributed by atoms with Crippen LogP contribution >= 0.6 is 0 Å². The Hall–Kier alpha value is -2.53. The molecule has 0 spiro atoms. The summed E-state index contributed by atoms with van der Waals surface area (Å²) < 4.78 is 65.4. The van der Waals surface area contributed by atoms with Gasteiger partial charge >= 0.3 is 5.97 Å². The lowest BCUT2D eigenvalue weighted by molar-refractivity contribution is -0.314. The van der Waals surface area contributed by atoms with Crippen LogP contribution in [0.2, 0.25) is 0 Å². The van der Waals surface area contributed by atoms with E-state index in [9.17, 15) is 9.90 Å². The van der Waals surface area contributed by atoms with Gasteiger partial charge in [0.25, 0.3) is 0 Å². The summed E-state index contributed by atoms with van der Waals surface area (Å²) in [7, 11) is 8.95. The van der Waals surface area contributed by atoms with Gasteiger partial charge in [-0.15, -0.1) is 0 Å². The van der Waals surface area contributed by atoms with Gasteiger partial charge in [-0.05, 0) is 121 Å². The SMILES string of the molecule is CC[C@H]1CCC[C@H](O[C@H]2CC[C@H](N(C)C)C(C)O2)[C@@H](C)C(=O)C2=C[C@H]3[C@@H]4C[C@H](O[C@@H]5OC(C)[C@H](OC)C(OC)C5OC)C[C@H]4[C@@H](O)[C@H](Nc4ccccc4F)[C@H]3[C@@H]2CC(=O)O1. The van der Waals surface area contributed by atoms with Crippen molar-refractivity contribution in [1.82, 2.24) is 4.90 Å². The summed E-state index contributed by atoms with van der Waals surface area (Å²) in [5.41, 5.74) is 0.809. The van der Waals surface area contributed by atoms with Gasteiger partial charge in [0.2, 0.25) is 0 Å². The number of Topliss-reactive ketones (excluding diaryl/α,β-unsaturated/α-hetero) is 1. The highest BCUT2D eigenvalue weighted by Crippen LogP contribution is 2.57. The van der Waals surface area contributed by atoms with Crippen molar-refractivity contribution >= 4 is 17.4 Å². The van der Waals surface area contributed by atoms with Crippen LogP contribution in [0.3, 0.4) is 0 Å². The van der Waals surface area contributed by atoms with E-state index in [4.69, 9.17) is 37.9 Å². The highest BCUT2D eigenvalue weighted by atomic mass is 19.1. The fraction of sp³-hybridized carbons (Fsp3) is 0.787. The zero-order valence-corrected chi connectivity index (χ0v) is 37.6. The fourth-order valence-corrected chi connectivity index (χ4v) is 12.0. The number of fused-ring (bicyclic) bond motifs is 5. The first-order valence-electron chi connectivity index (χ1n) is 22.8. The third-order valence-corrected chi connectivity index (χ3v) is 15.1. The third kappa shape index (κ3) is 9.64. The van der Waals surface area contributed by atoms with E-state index in [1.807, 2.05) is 20.8 Å². The van der Waals surface area contributed by atoms with Crippen molar-refractivity contribution in [3.63, 3.8) is 0 Å². The zero-order chi connectivity index (χ0) is 43.7. The summed E-state index contributed by atoms with van der Waals surface area (Å²) in [6.45, 7) is 7.95. The highest BCUT2D eigenvalue weighted by molar-refractivity contribution is 5.99. The van der Waals surface area contributed by atoms with E-state index in [2.05, 4.69) is 37.3 Å². The van der Waals surface area contributed by atoms with Crippen LogP contribution in [0.15, 0.2) is 35.9 Å². The van der Waals surface area contributed by atoms with Crippen molar-refractivity contribution in [1.29, 1.82) is 0 Å². The van der Waals surface area contributed by atoms with Crippen LogP contribution in [0.1, 0.15) is 85.5 Å². The lowest BCUT2D eigenvalue weighted by Gasteiger charge is -2.47. The molecular formula is C47H71FN2O11. The van der Waals surface area contributed by atoms with Crippen molar-refractivity contribution in [2.24, 2.45) is 35.5 Å². The minimum Gasteiger partial charge on any atom is -0.462 e. The number of allylic oxidation sites excluding steroid dienone is 2. The van der Waals surface area contributed by atoms with Crippen LogP contribution in [0.4, 0.5) is 10.1 Å². The molecule has 14 heteroatoms. The Morgan fingerprint density at radius 2 is 1.61 bits per heavy atom. The van der Waals surface area contributed by atoms with Crippen LogP contribution in [-0.2, 0) is 47.5 Å². The van der Waals surface area contributed by atoms with Gasteiger partial charge in [-0.1, -0.05) is 32.1 Å². The molecule has 4 unspecified atom stereocenters. The molecule has 19 atom stereocenters. The van der Waals surface area contributed by atoms with Crippen LogP contribution in [0.5, 0.6) is 0 Å². The fourth-order valence-electron chi connectivity index (χ4n) is 12.0. The molecule has 2 N–H and O–H groups in total. The largest absolute Gasteiger partial charge is 0.462 e. The number of halogens is 1. The molecule has 3 heterocycles. The standard InChI is InChI=1S/C47H71FN2O11/c1-10-27-14-13-17-37(61-39-19-18-36(50(5)6)25(3)57-39)24(2)42(52)33-22-30-29-20-28(60-47-46(56-9)45(55-8)44(54-7)26(4)58-47)21-32(29)43(53)41(40(30)31(33)23-38(51)59-27)49-35-16-12-11-15-34(35)48/h11-12,15-16,22,24-32,36-37,39-41,43-47,49,53H,10,13-14,17-21,23H2,1-9H3/t24-,25?,26?,27+,28+,29+,30+,31-,32-,36+,37+,39+,40-,41-,43-,44+,45?,46?,47+/m1/s1. The Morgan fingerprint density at radius 1 is 0.885 bits per heavy atom. The lowest BCUT2D eigenvalue weighted by atomic mass is 9.62. The maximum atomic E-state index is 15.5. The van der Waals surface area contributed by atoms with Gasteiger partial charge in [0.15, 0.2) is 18.4 Å². The van der Waals surface area contributed by atoms with Gasteiger partial charge < -0.3 is 53.2 Å². The van der Waals surface area contributed by atoms with E-state index in [0.29, 0.717) is 37.7 Å². The summed E-state index contributed by atoms with van der Waals surface area (Å²) in [4.78, 5) is 31.3. The number of para-hydroxylation sites is 1. The van der Waals surface area contributed by atoms with Crippen molar-refractivity contribution in [3.8, 4) is 0 Å². The average Bonchev–Trinajstić information content (AvgIpc) is 3.82. The number of nitrogens with one attached hydrogen (secondary N) is 1. The van der Waals surface area contributed by atoms with Gasteiger partial charge in [0, 0.05) is 39.2 Å². The number of rotatable bonds is 11.